The molecule has 0 aliphatic heterocycles. The molecule has 0 aliphatic rings. The lowest BCUT2D eigenvalue weighted by molar-refractivity contribution is 0.720. The molecule has 0 fully saturated rings. The summed E-state index contributed by atoms with van der Waals surface area (Å²) in [7, 11) is 0. The maximum atomic E-state index is 6.26. The van der Waals surface area contributed by atoms with Crippen LogP contribution in [0.2, 0.25) is 5.02 Å². The van der Waals surface area contributed by atoms with Crippen molar-refractivity contribution >= 4 is 33.2 Å². The predicted molar refractivity (Wildman–Crippen MR) is 81.7 cm³/mol. The predicted octanol–water partition coefficient (Wildman–Crippen LogP) is 4.19. The van der Waals surface area contributed by atoms with Crippen molar-refractivity contribution < 1.29 is 0 Å². The highest BCUT2D eigenvalue weighted by molar-refractivity contribution is 7.17. The third-order valence-corrected chi connectivity index (χ3v) is 4.23. The maximum Gasteiger partial charge on any atom is 0.0809 e. The van der Waals surface area contributed by atoms with Crippen LogP contribution in [0, 0.1) is 0 Å². The van der Waals surface area contributed by atoms with Gasteiger partial charge in [-0.2, -0.15) is 0 Å². The molecule has 2 nitrogen and oxygen atoms in total. The van der Waals surface area contributed by atoms with Gasteiger partial charge in [0.1, 0.15) is 0 Å². The molecule has 0 radical (unpaired) electrons. The van der Waals surface area contributed by atoms with Crippen molar-refractivity contribution in [1.29, 1.82) is 0 Å². The first-order valence-electron chi connectivity index (χ1n) is 6.05. The quantitative estimate of drug-likeness (QED) is 0.785. The van der Waals surface area contributed by atoms with Crippen molar-refractivity contribution in [3.8, 4) is 0 Å². The standard InChI is InChI=1S/C15H13ClN2S/c16-12-3-1-10(2-4-12)7-13(17)11-8-15-14(18-9-11)5-6-19-15/h1-6,8-9,13H,7,17H2. The number of nitrogens with two attached hydrogens (primary N) is 1. The minimum atomic E-state index is -0.0415. The molecule has 4 heteroatoms. The van der Waals surface area contributed by atoms with Gasteiger partial charge >= 0.3 is 0 Å². The fourth-order valence-corrected chi connectivity index (χ4v) is 2.97. The lowest BCUT2D eigenvalue weighted by atomic mass is 10.0. The lowest BCUT2D eigenvalue weighted by Crippen LogP contribution is -2.13. The zero-order chi connectivity index (χ0) is 13.2. The zero-order valence-corrected chi connectivity index (χ0v) is 11.8. The van der Waals surface area contributed by atoms with E-state index in [1.54, 1.807) is 11.3 Å². The van der Waals surface area contributed by atoms with Crippen LogP contribution in [0.25, 0.3) is 10.2 Å². The number of fused-ring (bicyclic) bond motifs is 1. The molecule has 0 amide bonds. The summed E-state index contributed by atoms with van der Waals surface area (Å²) >= 11 is 7.57. The monoisotopic (exact) mass is 288 g/mol. The number of thiophene rings is 1. The molecule has 1 aromatic carbocycles. The van der Waals surface area contributed by atoms with Gasteiger partial charge in [0.05, 0.1) is 10.2 Å². The van der Waals surface area contributed by atoms with E-state index in [0.29, 0.717) is 0 Å². The Kier molecular flexibility index (Phi) is 3.51. The first-order valence-corrected chi connectivity index (χ1v) is 7.31. The molecule has 96 valence electrons. The van der Waals surface area contributed by atoms with E-state index in [4.69, 9.17) is 17.3 Å². The fourth-order valence-electron chi connectivity index (χ4n) is 2.06. The molecule has 0 saturated carbocycles. The topological polar surface area (TPSA) is 38.9 Å². The summed E-state index contributed by atoms with van der Waals surface area (Å²) in [4.78, 5) is 4.43. The average Bonchev–Trinajstić information content (AvgIpc) is 2.88. The van der Waals surface area contributed by atoms with E-state index in [1.165, 1.54) is 10.3 Å². The number of nitrogens with zero attached hydrogens (tertiary/aromatic N) is 1. The number of aromatic nitrogens is 1. The van der Waals surface area contributed by atoms with E-state index in [2.05, 4.69) is 11.1 Å². The highest BCUT2D eigenvalue weighted by atomic mass is 35.5. The van der Waals surface area contributed by atoms with Crippen molar-refractivity contribution in [2.24, 2.45) is 5.73 Å². The summed E-state index contributed by atoms with van der Waals surface area (Å²) in [6.07, 6.45) is 2.66. The van der Waals surface area contributed by atoms with Crippen molar-refractivity contribution in [3.63, 3.8) is 0 Å². The Balaban J connectivity index is 1.82. The molecule has 3 aromatic rings. The first kappa shape index (κ1) is 12.6. The third kappa shape index (κ3) is 2.78. The molecule has 1 unspecified atom stereocenters. The van der Waals surface area contributed by atoms with E-state index < -0.39 is 0 Å². The fraction of sp³-hybridized carbons (Fsp3) is 0.133. The maximum absolute atomic E-state index is 6.26. The second kappa shape index (κ2) is 5.29. The van der Waals surface area contributed by atoms with Crippen molar-refractivity contribution in [3.05, 3.63) is 64.1 Å². The van der Waals surface area contributed by atoms with Gasteiger partial charge in [0.2, 0.25) is 0 Å². The largest absolute Gasteiger partial charge is 0.324 e. The smallest absolute Gasteiger partial charge is 0.0809 e. The number of pyridine rings is 1. The van der Waals surface area contributed by atoms with Crippen LogP contribution in [0.4, 0.5) is 0 Å². The summed E-state index contributed by atoms with van der Waals surface area (Å²) in [5.41, 5.74) is 9.55. The average molecular weight is 289 g/mol. The molecule has 0 spiro atoms. The molecular weight excluding hydrogens is 276 g/mol. The Morgan fingerprint density at radius 3 is 2.79 bits per heavy atom. The Labute approximate surface area is 120 Å². The molecule has 0 saturated heterocycles. The van der Waals surface area contributed by atoms with Crippen LogP contribution in [-0.2, 0) is 6.42 Å². The SMILES string of the molecule is NC(Cc1ccc(Cl)cc1)c1cnc2ccsc2c1. The zero-order valence-electron chi connectivity index (χ0n) is 10.2. The van der Waals surface area contributed by atoms with Crippen LogP contribution >= 0.6 is 22.9 Å². The molecule has 3 rings (SSSR count). The summed E-state index contributed by atoms with van der Waals surface area (Å²) < 4.78 is 1.18. The van der Waals surface area contributed by atoms with Gasteiger partial charge in [0.15, 0.2) is 0 Å². The van der Waals surface area contributed by atoms with Gasteiger partial charge in [-0.25, -0.2) is 0 Å². The van der Waals surface area contributed by atoms with E-state index in [-0.39, 0.29) is 6.04 Å². The van der Waals surface area contributed by atoms with Crippen LogP contribution in [-0.4, -0.2) is 4.98 Å². The van der Waals surface area contributed by atoms with E-state index in [1.807, 2.05) is 41.9 Å². The Morgan fingerprint density at radius 2 is 2.00 bits per heavy atom. The van der Waals surface area contributed by atoms with Gasteiger partial charge in [-0.1, -0.05) is 23.7 Å². The summed E-state index contributed by atoms with van der Waals surface area (Å²) in [6.45, 7) is 0. The lowest BCUT2D eigenvalue weighted by Gasteiger charge is -2.12. The summed E-state index contributed by atoms with van der Waals surface area (Å²) in [5.74, 6) is 0. The van der Waals surface area contributed by atoms with Crippen LogP contribution in [0.15, 0.2) is 48.0 Å². The third-order valence-electron chi connectivity index (χ3n) is 3.12. The van der Waals surface area contributed by atoms with Crippen molar-refractivity contribution in [2.75, 3.05) is 0 Å². The van der Waals surface area contributed by atoms with Crippen LogP contribution in [0.5, 0.6) is 0 Å². The van der Waals surface area contributed by atoms with Gasteiger partial charge in [-0.05, 0) is 47.2 Å². The number of benzene rings is 1. The minimum Gasteiger partial charge on any atom is -0.324 e. The van der Waals surface area contributed by atoms with Gasteiger partial charge < -0.3 is 5.73 Å². The number of halogens is 1. The number of rotatable bonds is 3. The van der Waals surface area contributed by atoms with Crippen LogP contribution < -0.4 is 5.73 Å². The second-order valence-electron chi connectivity index (χ2n) is 4.51. The van der Waals surface area contributed by atoms with E-state index in [0.717, 1.165) is 22.5 Å². The molecular formula is C15H13ClN2S. The Morgan fingerprint density at radius 1 is 1.21 bits per heavy atom. The second-order valence-corrected chi connectivity index (χ2v) is 5.89. The molecule has 0 aliphatic carbocycles. The van der Waals surface area contributed by atoms with Gasteiger partial charge in [0.25, 0.3) is 0 Å². The van der Waals surface area contributed by atoms with Gasteiger partial charge in [-0.15, -0.1) is 11.3 Å². The van der Waals surface area contributed by atoms with E-state index >= 15 is 0 Å². The minimum absolute atomic E-state index is 0.0415. The van der Waals surface area contributed by atoms with Crippen LogP contribution in [0.1, 0.15) is 17.2 Å². The molecule has 19 heavy (non-hydrogen) atoms. The Hall–Kier alpha value is -1.42. The summed E-state index contributed by atoms with van der Waals surface area (Å²) in [6, 6.07) is 11.9. The highest BCUT2D eigenvalue weighted by Gasteiger charge is 2.09. The highest BCUT2D eigenvalue weighted by Crippen LogP contribution is 2.23. The van der Waals surface area contributed by atoms with Crippen molar-refractivity contribution in [2.45, 2.75) is 12.5 Å². The summed E-state index contributed by atoms with van der Waals surface area (Å²) in [5, 5.41) is 2.80. The molecule has 2 N–H and O–H groups in total. The molecule has 0 bridgehead atoms. The number of hydrogen-bond donors (Lipinski definition) is 1. The number of hydrogen-bond acceptors (Lipinski definition) is 3. The molecule has 1 atom stereocenters. The first-order chi connectivity index (χ1) is 9.22. The van der Waals surface area contributed by atoms with Gasteiger partial charge in [0, 0.05) is 17.3 Å². The Bertz CT molecular complexity index is 691. The van der Waals surface area contributed by atoms with E-state index in [9.17, 15) is 0 Å². The van der Waals surface area contributed by atoms with Gasteiger partial charge in [-0.3, -0.25) is 4.98 Å². The molecule has 2 heterocycles. The van der Waals surface area contributed by atoms with Crippen LogP contribution in [0.3, 0.4) is 0 Å². The van der Waals surface area contributed by atoms with Crippen molar-refractivity contribution in [1.82, 2.24) is 4.98 Å². The molecule has 2 aromatic heterocycles. The normalized spacial score (nSPS) is 12.7.